The number of nitrogens with two attached hydrogens (primary N) is 1. The van der Waals surface area contributed by atoms with Crippen molar-refractivity contribution >= 4 is 11.9 Å². The van der Waals surface area contributed by atoms with Crippen molar-refractivity contribution < 1.29 is 18.0 Å². The van der Waals surface area contributed by atoms with Crippen LogP contribution >= 0.6 is 0 Å². The number of carbonyl (C=O) groups is 1. The van der Waals surface area contributed by atoms with Gasteiger partial charge in [0.15, 0.2) is 0 Å². The Balaban J connectivity index is 1.51. The Hall–Kier alpha value is -1.94. The zero-order valence-corrected chi connectivity index (χ0v) is 15.3. The molecule has 150 valence electrons. The van der Waals surface area contributed by atoms with E-state index >= 15 is 0 Å². The number of rotatable bonds is 4. The molecule has 27 heavy (non-hydrogen) atoms. The zero-order valence-electron chi connectivity index (χ0n) is 15.3. The molecule has 3 heterocycles. The molecule has 10 heteroatoms. The molecule has 0 spiro atoms. The lowest BCUT2D eigenvalue weighted by Gasteiger charge is -2.36. The Kier molecular flexibility index (Phi) is 5.85. The van der Waals surface area contributed by atoms with Gasteiger partial charge in [-0.05, 0) is 19.9 Å². The lowest BCUT2D eigenvalue weighted by molar-refractivity contribution is -0.138. The van der Waals surface area contributed by atoms with E-state index < -0.39 is 11.7 Å². The Morgan fingerprint density at radius 1 is 1.22 bits per heavy atom. The summed E-state index contributed by atoms with van der Waals surface area (Å²) in [5, 5.41) is 0. The number of halogens is 3. The third-order valence-electron chi connectivity index (χ3n) is 5.01. The average molecular weight is 386 g/mol. The number of carbonyl (C=O) groups excluding carboxylic acids is 1. The molecule has 0 aromatic carbocycles. The Labute approximate surface area is 156 Å². The van der Waals surface area contributed by atoms with Crippen molar-refractivity contribution in [3.63, 3.8) is 0 Å². The van der Waals surface area contributed by atoms with Gasteiger partial charge in [0.2, 0.25) is 11.9 Å². The van der Waals surface area contributed by atoms with Crippen molar-refractivity contribution in [2.24, 2.45) is 11.7 Å². The third-order valence-corrected chi connectivity index (χ3v) is 5.01. The zero-order chi connectivity index (χ0) is 19.6. The van der Waals surface area contributed by atoms with Crippen molar-refractivity contribution in [2.75, 3.05) is 50.7 Å². The number of aromatic nitrogens is 2. The van der Waals surface area contributed by atoms with Crippen LogP contribution in [0.1, 0.15) is 18.9 Å². The van der Waals surface area contributed by atoms with Gasteiger partial charge in [0.1, 0.15) is 0 Å². The number of hydrogen-bond acceptors (Lipinski definition) is 6. The summed E-state index contributed by atoms with van der Waals surface area (Å²) in [6.45, 7) is 6.43. The first-order chi connectivity index (χ1) is 12.7. The molecule has 2 aliphatic heterocycles. The molecular formula is C17H25F3N6O. The quantitative estimate of drug-likeness (QED) is 0.825. The van der Waals surface area contributed by atoms with Gasteiger partial charge in [-0.25, -0.2) is 9.97 Å². The van der Waals surface area contributed by atoms with Gasteiger partial charge in [0.25, 0.3) is 0 Å². The summed E-state index contributed by atoms with van der Waals surface area (Å²) < 4.78 is 37.8. The molecule has 2 saturated heterocycles. The smallest absolute Gasteiger partial charge is 0.339 e. The minimum absolute atomic E-state index is 0.00220. The fourth-order valence-corrected chi connectivity index (χ4v) is 3.62. The lowest BCUT2D eigenvalue weighted by atomic mass is 10.1. The molecule has 1 aromatic rings. The van der Waals surface area contributed by atoms with E-state index in [1.807, 2.05) is 11.8 Å². The van der Waals surface area contributed by atoms with Gasteiger partial charge in [0, 0.05) is 57.7 Å². The van der Waals surface area contributed by atoms with Crippen LogP contribution in [0.4, 0.5) is 19.1 Å². The van der Waals surface area contributed by atoms with Gasteiger partial charge in [-0.3, -0.25) is 4.79 Å². The summed E-state index contributed by atoms with van der Waals surface area (Å²) in [6, 6.07) is 0.0890. The van der Waals surface area contributed by atoms with E-state index in [-0.39, 0.29) is 23.8 Å². The molecule has 3 rings (SSSR count). The van der Waals surface area contributed by atoms with Crippen molar-refractivity contribution in [3.8, 4) is 0 Å². The average Bonchev–Trinajstić information content (AvgIpc) is 3.08. The van der Waals surface area contributed by atoms with Crippen LogP contribution < -0.4 is 10.6 Å². The van der Waals surface area contributed by atoms with Crippen LogP contribution in [0.25, 0.3) is 0 Å². The largest absolute Gasteiger partial charge is 0.419 e. The topological polar surface area (TPSA) is 78.6 Å². The Bertz CT molecular complexity index is 643. The number of nitrogens with zero attached hydrogens (tertiary/aromatic N) is 5. The lowest BCUT2D eigenvalue weighted by Crippen LogP contribution is -2.51. The molecule has 0 radical (unpaired) electrons. The highest BCUT2D eigenvalue weighted by Gasteiger charge is 2.34. The highest BCUT2D eigenvalue weighted by atomic mass is 19.4. The number of hydrogen-bond donors (Lipinski definition) is 1. The third kappa shape index (κ3) is 4.86. The molecule has 1 amide bonds. The van der Waals surface area contributed by atoms with E-state index in [4.69, 9.17) is 5.73 Å². The summed E-state index contributed by atoms with van der Waals surface area (Å²) >= 11 is 0. The second-order valence-electron chi connectivity index (χ2n) is 7.30. The Morgan fingerprint density at radius 3 is 2.41 bits per heavy atom. The number of alkyl halides is 3. The highest BCUT2D eigenvalue weighted by molar-refractivity contribution is 5.79. The fourth-order valence-electron chi connectivity index (χ4n) is 3.62. The van der Waals surface area contributed by atoms with Gasteiger partial charge in [-0.15, -0.1) is 0 Å². The molecule has 0 bridgehead atoms. The number of anilines is 1. The van der Waals surface area contributed by atoms with Gasteiger partial charge < -0.3 is 20.4 Å². The molecule has 2 fully saturated rings. The van der Waals surface area contributed by atoms with Crippen LogP contribution in [0, 0.1) is 5.92 Å². The molecule has 0 saturated carbocycles. The van der Waals surface area contributed by atoms with Gasteiger partial charge in [-0.1, -0.05) is 0 Å². The Morgan fingerprint density at radius 2 is 1.85 bits per heavy atom. The molecule has 2 N–H and O–H groups in total. The normalized spacial score (nSPS) is 22.9. The number of piperazine rings is 1. The van der Waals surface area contributed by atoms with Crippen molar-refractivity contribution in [3.05, 3.63) is 18.0 Å². The van der Waals surface area contributed by atoms with Crippen LogP contribution in [0.5, 0.6) is 0 Å². The second-order valence-corrected chi connectivity index (χ2v) is 7.30. The van der Waals surface area contributed by atoms with Gasteiger partial charge in [-0.2, -0.15) is 13.2 Å². The van der Waals surface area contributed by atoms with Crippen LogP contribution in [0.2, 0.25) is 0 Å². The van der Waals surface area contributed by atoms with E-state index in [2.05, 4.69) is 14.9 Å². The predicted octanol–water partition coefficient (Wildman–Crippen LogP) is 0.813. The first kappa shape index (κ1) is 19.8. The fraction of sp³-hybridized carbons (Fsp3) is 0.706. The van der Waals surface area contributed by atoms with Crippen molar-refractivity contribution in [1.82, 2.24) is 19.8 Å². The molecule has 2 aliphatic rings. The minimum atomic E-state index is -4.44. The van der Waals surface area contributed by atoms with E-state index in [0.717, 1.165) is 38.4 Å². The van der Waals surface area contributed by atoms with E-state index in [1.165, 1.54) is 0 Å². The van der Waals surface area contributed by atoms with E-state index in [0.29, 0.717) is 26.2 Å². The summed E-state index contributed by atoms with van der Waals surface area (Å²) in [7, 11) is 0. The molecule has 0 unspecified atom stereocenters. The van der Waals surface area contributed by atoms with Crippen LogP contribution in [-0.2, 0) is 11.0 Å². The number of likely N-dealkylation sites (tertiary alicyclic amines) is 1. The SMILES string of the molecule is C[C@H](N)CN1CC[C@H](C(=O)N2CCN(c3ncc(C(F)(F)F)cn3)CC2)C1. The molecule has 7 nitrogen and oxygen atoms in total. The summed E-state index contributed by atoms with van der Waals surface area (Å²) in [4.78, 5) is 26.2. The summed E-state index contributed by atoms with van der Waals surface area (Å²) in [6.07, 6.45) is -2.01. The first-order valence-corrected chi connectivity index (χ1v) is 9.15. The maximum atomic E-state index is 12.7. The standard InChI is InChI=1S/C17H25F3N6O/c1-12(21)10-24-3-2-13(11-24)15(27)25-4-6-26(7-5-25)16-22-8-14(9-23-16)17(18,19)20/h8-9,12-13H,2-7,10-11,21H2,1H3/t12-,13-/m0/s1. The van der Waals surface area contributed by atoms with Gasteiger partial charge in [0.05, 0.1) is 11.5 Å². The predicted molar refractivity (Wildman–Crippen MR) is 94.0 cm³/mol. The molecule has 2 atom stereocenters. The molecular weight excluding hydrogens is 361 g/mol. The maximum Gasteiger partial charge on any atom is 0.419 e. The van der Waals surface area contributed by atoms with Crippen molar-refractivity contribution in [2.45, 2.75) is 25.6 Å². The van der Waals surface area contributed by atoms with Crippen molar-refractivity contribution in [1.29, 1.82) is 0 Å². The van der Waals surface area contributed by atoms with Crippen LogP contribution in [0.3, 0.4) is 0 Å². The van der Waals surface area contributed by atoms with Crippen LogP contribution in [-0.4, -0.2) is 77.5 Å². The highest BCUT2D eigenvalue weighted by Crippen LogP contribution is 2.28. The minimum Gasteiger partial charge on any atom is -0.339 e. The monoisotopic (exact) mass is 386 g/mol. The van der Waals surface area contributed by atoms with E-state index in [1.54, 1.807) is 4.90 Å². The van der Waals surface area contributed by atoms with Crippen LogP contribution in [0.15, 0.2) is 12.4 Å². The maximum absolute atomic E-state index is 12.7. The van der Waals surface area contributed by atoms with Gasteiger partial charge >= 0.3 is 6.18 Å². The summed E-state index contributed by atoms with van der Waals surface area (Å²) in [5.74, 6) is 0.409. The first-order valence-electron chi connectivity index (χ1n) is 9.15. The second kappa shape index (κ2) is 7.97. The summed E-state index contributed by atoms with van der Waals surface area (Å²) in [5.41, 5.74) is 4.96. The number of amides is 1. The molecule has 0 aliphatic carbocycles. The van der Waals surface area contributed by atoms with E-state index in [9.17, 15) is 18.0 Å². The molecule has 1 aromatic heterocycles.